The maximum atomic E-state index is 10.4. The van der Waals surface area contributed by atoms with Crippen LogP contribution in [0, 0.1) is 0 Å². The molecule has 16 heavy (non-hydrogen) atoms. The molecule has 0 fully saturated rings. The normalized spacial score (nSPS) is 10.1. The van der Waals surface area contributed by atoms with Crippen molar-refractivity contribution in [1.82, 2.24) is 9.97 Å². The van der Waals surface area contributed by atoms with Crippen LogP contribution < -0.4 is 0 Å². The molecule has 1 heterocycles. The fourth-order valence-corrected chi connectivity index (χ4v) is 1.43. The van der Waals surface area contributed by atoms with Crippen LogP contribution in [0.15, 0.2) is 36.7 Å². The third kappa shape index (κ3) is 2.64. The number of hydrogen-bond donors (Lipinski definition) is 0. The fourth-order valence-electron chi connectivity index (χ4n) is 1.30. The Morgan fingerprint density at radius 3 is 2.31 bits per heavy atom. The van der Waals surface area contributed by atoms with E-state index in [4.69, 9.17) is 11.6 Å². The molecule has 1 aromatic heterocycles. The van der Waals surface area contributed by atoms with Crippen molar-refractivity contribution in [3.63, 3.8) is 0 Å². The van der Waals surface area contributed by atoms with Crippen molar-refractivity contribution >= 4 is 17.9 Å². The highest BCUT2D eigenvalue weighted by atomic mass is 35.5. The number of nitrogens with zero attached hydrogens (tertiary/aromatic N) is 2. The second-order valence-corrected chi connectivity index (χ2v) is 3.79. The summed E-state index contributed by atoms with van der Waals surface area (Å²) in [6.07, 6.45) is 4.40. The maximum Gasteiger partial charge on any atom is 0.153 e. The van der Waals surface area contributed by atoms with E-state index in [1.165, 1.54) is 12.4 Å². The number of carbonyl (C=O) groups is 1. The van der Waals surface area contributed by atoms with Crippen molar-refractivity contribution in [3.05, 3.63) is 58.6 Å². The number of carbonyl (C=O) groups excluding carboxylic acids is 1. The quantitative estimate of drug-likeness (QED) is 0.764. The lowest BCUT2D eigenvalue weighted by Crippen LogP contribution is -1.97. The second kappa shape index (κ2) is 4.86. The zero-order chi connectivity index (χ0) is 11.4. The van der Waals surface area contributed by atoms with E-state index in [0.717, 1.165) is 11.8 Å². The summed E-state index contributed by atoms with van der Waals surface area (Å²) in [7, 11) is 0. The molecule has 0 aliphatic heterocycles. The van der Waals surface area contributed by atoms with Gasteiger partial charge in [-0.2, -0.15) is 0 Å². The van der Waals surface area contributed by atoms with Gasteiger partial charge in [-0.15, -0.1) is 0 Å². The molecule has 0 saturated heterocycles. The molecule has 2 rings (SSSR count). The molecule has 3 nitrogen and oxygen atoms in total. The van der Waals surface area contributed by atoms with E-state index in [9.17, 15) is 4.79 Å². The molecule has 4 heteroatoms. The van der Waals surface area contributed by atoms with Crippen molar-refractivity contribution in [2.24, 2.45) is 0 Å². The molecule has 0 spiro atoms. The number of aldehydes is 1. The number of benzene rings is 1. The van der Waals surface area contributed by atoms with E-state index < -0.39 is 0 Å². The van der Waals surface area contributed by atoms with E-state index in [0.29, 0.717) is 22.8 Å². The van der Waals surface area contributed by atoms with Crippen LogP contribution in [-0.2, 0) is 6.42 Å². The minimum Gasteiger partial charge on any atom is -0.298 e. The zero-order valence-electron chi connectivity index (χ0n) is 8.43. The molecule has 0 saturated carbocycles. The summed E-state index contributed by atoms with van der Waals surface area (Å²) in [5.74, 6) is 0.688. The predicted octanol–water partition coefficient (Wildman–Crippen LogP) is 2.53. The predicted molar refractivity (Wildman–Crippen MR) is 61.7 cm³/mol. The Morgan fingerprint density at radius 1 is 1.12 bits per heavy atom. The van der Waals surface area contributed by atoms with E-state index in [1.807, 2.05) is 24.3 Å². The number of hydrogen-bond acceptors (Lipinski definition) is 3. The summed E-state index contributed by atoms with van der Waals surface area (Å²) >= 11 is 5.78. The molecule has 0 N–H and O–H groups in total. The zero-order valence-corrected chi connectivity index (χ0v) is 9.19. The van der Waals surface area contributed by atoms with Gasteiger partial charge >= 0.3 is 0 Å². The van der Waals surface area contributed by atoms with Gasteiger partial charge in [0.15, 0.2) is 6.29 Å². The van der Waals surface area contributed by atoms with E-state index in [1.54, 1.807) is 0 Å². The summed E-state index contributed by atoms with van der Waals surface area (Å²) in [6.45, 7) is 0. The smallest absolute Gasteiger partial charge is 0.153 e. The Morgan fingerprint density at radius 2 is 1.75 bits per heavy atom. The first-order valence-electron chi connectivity index (χ1n) is 4.78. The van der Waals surface area contributed by atoms with Crippen LogP contribution in [0.3, 0.4) is 0 Å². The Bertz CT molecular complexity index is 479. The first-order chi connectivity index (χ1) is 7.78. The first kappa shape index (κ1) is 10.8. The molecule has 0 aliphatic rings. The number of halogens is 1. The molecule has 1 aromatic carbocycles. The topological polar surface area (TPSA) is 42.9 Å². The lowest BCUT2D eigenvalue weighted by Gasteiger charge is -2.00. The summed E-state index contributed by atoms with van der Waals surface area (Å²) in [6, 6.07) is 7.52. The molecule has 0 radical (unpaired) electrons. The van der Waals surface area contributed by atoms with Gasteiger partial charge in [-0.05, 0) is 17.7 Å². The first-order valence-corrected chi connectivity index (χ1v) is 5.16. The standard InChI is InChI=1S/C12H9ClN2O/c13-11-3-1-9(2-4-11)5-12-14-6-10(8-16)7-15-12/h1-4,6-8H,5H2. The van der Waals surface area contributed by atoms with Gasteiger partial charge in [0.1, 0.15) is 5.82 Å². The van der Waals surface area contributed by atoms with Gasteiger partial charge in [-0.3, -0.25) is 4.79 Å². The van der Waals surface area contributed by atoms with E-state index >= 15 is 0 Å². The van der Waals surface area contributed by atoms with Crippen molar-refractivity contribution in [3.8, 4) is 0 Å². The molecule has 2 aromatic rings. The van der Waals surface area contributed by atoms with Gasteiger partial charge in [-0.1, -0.05) is 23.7 Å². The van der Waals surface area contributed by atoms with Gasteiger partial charge in [0.2, 0.25) is 0 Å². The van der Waals surface area contributed by atoms with Crippen LogP contribution in [0.2, 0.25) is 5.02 Å². The monoisotopic (exact) mass is 232 g/mol. The maximum absolute atomic E-state index is 10.4. The fraction of sp³-hybridized carbons (Fsp3) is 0.0833. The van der Waals surface area contributed by atoms with Crippen molar-refractivity contribution in [2.45, 2.75) is 6.42 Å². The van der Waals surface area contributed by atoms with E-state index in [-0.39, 0.29) is 0 Å². The molecular weight excluding hydrogens is 224 g/mol. The van der Waals surface area contributed by atoms with Crippen LogP contribution in [0.1, 0.15) is 21.7 Å². The van der Waals surface area contributed by atoms with Crippen LogP contribution in [0.4, 0.5) is 0 Å². The summed E-state index contributed by atoms with van der Waals surface area (Å²) in [5, 5.41) is 0.709. The average molecular weight is 233 g/mol. The molecule has 0 amide bonds. The minimum atomic E-state index is 0.486. The van der Waals surface area contributed by atoms with Crippen LogP contribution in [-0.4, -0.2) is 16.3 Å². The lowest BCUT2D eigenvalue weighted by molar-refractivity contribution is 0.112. The van der Waals surface area contributed by atoms with Crippen LogP contribution >= 0.6 is 11.6 Å². The van der Waals surface area contributed by atoms with Gasteiger partial charge in [0.05, 0.1) is 5.56 Å². The largest absolute Gasteiger partial charge is 0.298 e. The average Bonchev–Trinajstić information content (AvgIpc) is 2.33. The lowest BCUT2D eigenvalue weighted by atomic mass is 10.1. The van der Waals surface area contributed by atoms with Crippen LogP contribution in [0.25, 0.3) is 0 Å². The minimum absolute atomic E-state index is 0.486. The molecular formula is C12H9ClN2O. The third-order valence-corrected chi connectivity index (χ3v) is 2.39. The van der Waals surface area contributed by atoms with Crippen molar-refractivity contribution in [1.29, 1.82) is 0 Å². The third-order valence-electron chi connectivity index (χ3n) is 2.14. The van der Waals surface area contributed by atoms with Gasteiger partial charge < -0.3 is 0 Å². The van der Waals surface area contributed by atoms with Crippen LogP contribution in [0.5, 0.6) is 0 Å². The Balaban J connectivity index is 2.14. The Kier molecular flexibility index (Phi) is 3.27. The van der Waals surface area contributed by atoms with Gasteiger partial charge in [0, 0.05) is 23.8 Å². The molecule has 0 aliphatic carbocycles. The second-order valence-electron chi connectivity index (χ2n) is 3.35. The highest BCUT2D eigenvalue weighted by molar-refractivity contribution is 6.30. The van der Waals surface area contributed by atoms with E-state index in [2.05, 4.69) is 9.97 Å². The summed E-state index contributed by atoms with van der Waals surface area (Å²) in [5.41, 5.74) is 1.57. The highest BCUT2D eigenvalue weighted by Gasteiger charge is 1.99. The highest BCUT2D eigenvalue weighted by Crippen LogP contribution is 2.11. The molecule has 0 atom stereocenters. The van der Waals surface area contributed by atoms with Gasteiger partial charge in [-0.25, -0.2) is 9.97 Å². The summed E-state index contributed by atoms with van der Waals surface area (Å²) < 4.78 is 0. The SMILES string of the molecule is O=Cc1cnc(Cc2ccc(Cl)cc2)nc1. The number of rotatable bonds is 3. The molecule has 0 unspecified atom stereocenters. The molecule has 80 valence electrons. The Labute approximate surface area is 98.1 Å². The summed E-state index contributed by atoms with van der Waals surface area (Å²) in [4.78, 5) is 18.6. The van der Waals surface area contributed by atoms with Crippen molar-refractivity contribution < 1.29 is 4.79 Å². The van der Waals surface area contributed by atoms with Gasteiger partial charge in [0.25, 0.3) is 0 Å². The van der Waals surface area contributed by atoms with Crippen molar-refractivity contribution in [2.75, 3.05) is 0 Å². The molecule has 0 bridgehead atoms. The number of aromatic nitrogens is 2. The Hall–Kier alpha value is -1.74.